The molecule has 1 amide bonds. The van der Waals surface area contributed by atoms with Crippen molar-refractivity contribution >= 4 is 11.6 Å². The van der Waals surface area contributed by atoms with Crippen molar-refractivity contribution in [3.63, 3.8) is 0 Å². The van der Waals surface area contributed by atoms with Crippen molar-refractivity contribution in [3.8, 4) is 17.2 Å². The lowest BCUT2D eigenvalue weighted by Crippen LogP contribution is -2.35. The van der Waals surface area contributed by atoms with Crippen LogP contribution in [0.5, 0.6) is 0 Å². The summed E-state index contributed by atoms with van der Waals surface area (Å²) in [6.45, 7) is 1.32. The van der Waals surface area contributed by atoms with Crippen LogP contribution in [-0.2, 0) is 0 Å². The van der Waals surface area contributed by atoms with Gasteiger partial charge in [-0.2, -0.15) is 18.4 Å². The fraction of sp³-hybridized carbons (Fsp3) is 0.350. The minimum absolute atomic E-state index is 0.00431. The van der Waals surface area contributed by atoms with Gasteiger partial charge in [0.05, 0.1) is 11.3 Å². The van der Waals surface area contributed by atoms with Gasteiger partial charge in [-0.05, 0) is 30.0 Å². The first kappa shape index (κ1) is 21.5. The maximum atomic E-state index is 13.9. The van der Waals surface area contributed by atoms with Gasteiger partial charge in [0.2, 0.25) is 0 Å². The van der Waals surface area contributed by atoms with Gasteiger partial charge < -0.3 is 10.2 Å². The first-order valence-corrected chi connectivity index (χ1v) is 9.08. The summed E-state index contributed by atoms with van der Waals surface area (Å²) in [5, 5.41) is 11.3. The van der Waals surface area contributed by atoms with Crippen molar-refractivity contribution < 1.29 is 26.7 Å². The van der Waals surface area contributed by atoms with E-state index in [4.69, 9.17) is 0 Å². The minimum atomic E-state index is -4.62. The van der Waals surface area contributed by atoms with Gasteiger partial charge in [0.1, 0.15) is 29.9 Å². The van der Waals surface area contributed by atoms with E-state index in [1.54, 1.807) is 10.2 Å². The van der Waals surface area contributed by atoms with E-state index < -0.39 is 30.3 Å². The van der Waals surface area contributed by atoms with Gasteiger partial charge in [0.25, 0.3) is 5.91 Å². The van der Waals surface area contributed by atoms with Crippen LogP contribution in [0.4, 0.5) is 27.6 Å². The molecule has 158 valence electrons. The van der Waals surface area contributed by atoms with Crippen molar-refractivity contribution in [2.75, 3.05) is 24.5 Å². The fourth-order valence-corrected chi connectivity index (χ4v) is 3.47. The number of hydrogen-bond donors (Lipinski definition) is 1. The molecule has 1 aromatic carbocycles. The van der Waals surface area contributed by atoms with Gasteiger partial charge >= 0.3 is 6.18 Å². The van der Waals surface area contributed by atoms with E-state index in [1.807, 2.05) is 13.0 Å². The van der Waals surface area contributed by atoms with Crippen LogP contribution in [0.2, 0.25) is 0 Å². The maximum Gasteiger partial charge on any atom is 0.405 e. The second kappa shape index (κ2) is 8.26. The number of anilines is 1. The summed E-state index contributed by atoms with van der Waals surface area (Å²) in [4.78, 5) is 18.2. The number of hydrogen-bond acceptors (Lipinski definition) is 4. The van der Waals surface area contributed by atoms with Crippen LogP contribution in [0.15, 0.2) is 24.4 Å². The molecule has 2 heterocycles. The highest BCUT2D eigenvalue weighted by Crippen LogP contribution is 2.39. The van der Waals surface area contributed by atoms with Gasteiger partial charge in [0.15, 0.2) is 0 Å². The molecule has 10 heteroatoms. The van der Waals surface area contributed by atoms with Gasteiger partial charge in [-0.3, -0.25) is 4.79 Å². The molecule has 1 aliphatic heterocycles. The molecule has 30 heavy (non-hydrogen) atoms. The number of rotatable bonds is 4. The summed E-state index contributed by atoms with van der Waals surface area (Å²) >= 11 is 0. The molecule has 0 spiro atoms. The Labute approximate surface area is 169 Å². The number of amides is 1. The molecule has 1 N–H and O–H groups in total. The predicted molar refractivity (Wildman–Crippen MR) is 98.7 cm³/mol. The number of nitrogens with one attached hydrogen (secondary N) is 1. The Kier molecular flexibility index (Phi) is 5.92. The third kappa shape index (κ3) is 4.67. The highest BCUT2D eigenvalue weighted by Gasteiger charge is 2.32. The topological polar surface area (TPSA) is 69.0 Å². The van der Waals surface area contributed by atoms with Crippen molar-refractivity contribution in [1.82, 2.24) is 10.3 Å². The van der Waals surface area contributed by atoms with E-state index in [1.165, 1.54) is 0 Å². The van der Waals surface area contributed by atoms with Crippen LogP contribution in [-0.4, -0.2) is 36.7 Å². The van der Waals surface area contributed by atoms with E-state index in [0.717, 1.165) is 24.8 Å². The summed E-state index contributed by atoms with van der Waals surface area (Å²) in [6.07, 6.45) is -2.86. The Balaban J connectivity index is 2.21. The van der Waals surface area contributed by atoms with Crippen LogP contribution in [0, 0.1) is 28.9 Å². The number of carbonyl (C=O) groups excluding carboxylic acids is 1. The molecule has 5 nitrogen and oxygen atoms in total. The molecule has 0 saturated carbocycles. The van der Waals surface area contributed by atoms with E-state index in [0.29, 0.717) is 19.2 Å². The van der Waals surface area contributed by atoms with Gasteiger partial charge in [-0.1, -0.05) is 6.92 Å². The number of nitriles is 1. The Morgan fingerprint density at radius 3 is 2.50 bits per heavy atom. The van der Waals surface area contributed by atoms with Crippen LogP contribution in [0.3, 0.4) is 0 Å². The highest BCUT2D eigenvalue weighted by molar-refractivity contribution is 6.04. The lowest BCUT2D eigenvalue weighted by Gasteiger charge is -2.25. The largest absolute Gasteiger partial charge is 0.405 e. The molecule has 3 rings (SSSR count). The summed E-state index contributed by atoms with van der Waals surface area (Å²) in [6, 6.07) is 4.46. The third-order valence-corrected chi connectivity index (χ3v) is 4.74. The van der Waals surface area contributed by atoms with E-state index >= 15 is 0 Å². The molecule has 1 aliphatic rings. The van der Waals surface area contributed by atoms with Crippen LogP contribution >= 0.6 is 0 Å². The molecule has 1 fully saturated rings. The lowest BCUT2D eigenvalue weighted by molar-refractivity contribution is -0.123. The minimum Gasteiger partial charge on any atom is -0.370 e. The number of pyridine rings is 1. The number of aromatic nitrogens is 1. The molecule has 1 aromatic heterocycles. The predicted octanol–water partition coefficient (Wildman–Crippen LogP) is 4.04. The lowest BCUT2D eigenvalue weighted by atomic mass is 9.97. The number of carbonyl (C=O) groups is 1. The number of nitrogens with zero attached hydrogens (tertiary/aromatic N) is 3. The molecule has 0 bridgehead atoms. The molecular formula is C20H17F5N4O. The number of halogens is 5. The average Bonchev–Trinajstić information content (AvgIpc) is 3.09. The first-order chi connectivity index (χ1) is 14.1. The average molecular weight is 424 g/mol. The normalized spacial score (nSPS) is 16.4. The summed E-state index contributed by atoms with van der Waals surface area (Å²) < 4.78 is 65.4. The summed E-state index contributed by atoms with van der Waals surface area (Å²) in [7, 11) is 0. The molecule has 2 aromatic rings. The Morgan fingerprint density at radius 2 is 1.97 bits per heavy atom. The van der Waals surface area contributed by atoms with Crippen molar-refractivity contribution in [1.29, 1.82) is 5.26 Å². The van der Waals surface area contributed by atoms with Gasteiger partial charge in [-0.15, -0.1) is 0 Å². The van der Waals surface area contributed by atoms with Crippen LogP contribution in [0.1, 0.15) is 29.4 Å². The van der Waals surface area contributed by atoms with Gasteiger partial charge in [0, 0.05) is 30.9 Å². The molecular weight excluding hydrogens is 407 g/mol. The third-order valence-electron chi connectivity index (χ3n) is 4.74. The SMILES string of the molecule is CC1CCN(c2c(C(=O)NCC(F)(F)F)cnc(C#N)c2-c2cc(F)cc(F)c2)C1. The standard InChI is InChI=1S/C20H17F5N4O/c1-11-2-3-29(9-11)18-15(19(30)28-10-20(23,24)25)8-27-16(7-26)17(18)12-4-13(21)6-14(22)5-12/h4-6,8,11H,2-3,9-10H2,1H3,(H,28,30). The highest BCUT2D eigenvalue weighted by atomic mass is 19.4. The van der Waals surface area contributed by atoms with Crippen molar-refractivity contribution in [2.45, 2.75) is 19.5 Å². The van der Waals surface area contributed by atoms with Crippen LogP contribution in [0.25, 0.3) is 11.1 Å². The molecule has 0 radical (unpaired) electrons. The zero-order valence-corrected chi connectivity index (χ0v) is 15.9. The first-order valence-electron chi connectivity index (χ1n) is 9.08. The second-order valence-corrected chi connectivity index (χ2v) is 7.15. The molecule has 1 unspecified atom stereocenters. The van der Waals surface area contributed by atoms with E-state index in [-0.39, 0.29) is 34.0 Å². The van der Waals surface area contributed by atoms with Gasteiger partial charge in [-0.25, -0.2) is 13.8 Å². The van der Waals surface area contributed by atoms with Crippen LogP contribution < -0.4 is 10.2 Å². The molecule has 1 atom stereocenters. The Morgan fingerprint density at radius 1 is 1.30 bits per heavy atom. The van der Waals surface area contributed by atoms with E-state index in [2.05, 4.69) is 4.98 Å². The second-order valence-electron chi connectivity index (χ2n) is 7.15. The number of benzene rings is 1. The summed E-state index contributed by atoms with van der Waals surface area (Å²) in [5.74, 6) is -2.63. The fourth-order valence-electron chi connectivity index (χ4n) is 3.47. The van der Waals surface area contributed by atoms with E-state index in [9.17, 15) is 32.0 Å². The Hall–Kier alpha value is -3.22. The Bertz CT molecular complexity index is 995. The summed E-state index contributed by atoms with van der Waals surface area (Å²) in [5.41, 5.74) is -0.286. The zero-order valence-electron chi connectivity index (χ0n) is 15.9. The zero-order chi connectivity index (χ0) is 22.1. The quantitative estimate of drug-likeness (QED) is 0.753. The molecule has 1 saturated heterocycles. The maximum absolute atomic E-state index is 13.9. The molecule has 0 aliphatic carbocycles. The van der Waals surface area contributed by atoms with Crippen molar-refractivity contribution in [2.24, 2.45) is 5.92 Å². The van der Waals surface area contributed by atoms with Crippen molar-refractivity contribution in [3.05, 3.63) is 47.3 Å². The smallest absolute Gasteiger partial charge is 0.370 e. The monoisotopic (exact) mass is 424 g/mol. The number of alkyl halides is 3.